The molecule has 1 aliphatic rings. The van der Waals surface area contributed by atoms with E-state index in [4.69, 9.17) is 10.6 Å². The Labute approximate surface area is 152 Å². The minimum atomic E-state index is -0.0517. The highest BCUT2D eigenvalue weighted by Gasteiger charge is 2.20. The third-order valence-corrected chi connectivity index (χ3v) is 4.16. The molecule has 3 rings (SSSR count). The predicted octanol–water partition coefficient (Wildman–Crippen LogP) is 2.60. The van der Waals surface area contributed by atoms with Crippen molar-refractivity contribution >= 4 is 17.2 Å². The fourth-order valence-corrected chi connectivity index (χ4v) is 2.81. The first-order valence-electron chi connectivity index (χ1n) is 8.50. The number of allylic oxidation sites excluding steroid dienone is 2. The lowest BCUT2D eigenvalue weighted by Gasteiger charge is -2.10. The summed E-state index contributed by atoms with van der Waals surface area (Å²) in [6.07, 6.45) is 5.90. The van der Waals surface area contributed by atoms with Gasteiger partial charge in [-0.15, -0.1) is 0 Å². The van der Waals surface area contributed by atoms with Crippen LogP contribution in [0.1, 0.15) is 34.2 Å². The van der Waals surface area contributed by atoms with Gasteiger partial charge in [-0.2, -0.15) is 0 Å². The zero-order valence-electron chi connectivity index (χ0n) is 14.7. The number of amides is 1. The summed E-state index contributed by atoms with van der Waals surface area (Å²) in [5.74, 6) is -0.0517. The van der Waals surface area contributed by atoms with E-state index in [9.17, 15) is 4.79 Å². The molecule has 6 nitrogen and oxygen atoms in total. The fraction of sp³-hybridized carbons (Fsp3) is 0.200. The van der Waals surface area contributed by atoms with E-state index in [1.54, 1.807) is 6.08 Å². The standard InChI is InChI=1S/C20H22N4O2/c1-14(15-5-3-2-4-6-15)24-26-12-9-16(7-10-21)19-13-17-18(23-19)8-11-22-20(17)25/h2-7,9-10,13,23H,8,11-12,21H2,1H3,(H,22,25)/b10-7-,16-9+,24-14+. The number of oxime groups is 1. The molecule has 2 aromatic rings. The molecule has 1 aliphatic heterocycles. The van der Waals surface area contributed by atoms with E-state index in [0.717, 1.165) is 34.7 Å². The minimum absolute atomic E-state index is 0.0517. The monoisotopic (exact) mass is 350 g/mol. The molecule has 6 heteroatoms. The van der Waals surface area contributed by atoms with Gasteiger partial charge < -0.3 is 20.9 Å². The van der Waals surface area contributed by atoms with Crippen LogP contribution in [-0.4, -0.2) is 29.8 Å². The third kappa shape index (κ3) is 4.03. The van der Waals surface area contributed by atoms with Crippen LogP contribution in [0.2, 0.25) is 0 Å². The van der Waals surface area contributed by atoms with Gasteiger partial charge in [-0.1, -0.05) is 35.5 Å². The molecule has 1 aromatic carbocycles. The molecule has 0 bridgehead atoms. The predicted molar refractivity (Wildman–Crippen MR) is 103 cm³/mol. The summed E-state index contributed by atoms with van der Waals surface area (Å²) in [6.45, 7) is 2.84. The number of rotatable bonds is 6. The van der Waals surface area contributed by atoms with E-state index in [1.807, 2.05) is 49.4 Å². The Kier molecular flexibility index (Phi) is 5.53. The number of aromatic amines is 1. The van der Waals surface area contributed by atoms with Gasteiger partial charge in [-0.25, -0.2) is 0 Å². The molecule has 2 heterocycles. The van der Waals surface area contributed by atoms with Crippen molar-refractivity contribution in [2.75, 3.05) is 13.2 Å². The van der Waals surface area contributed by atoms with Gasteiger partial charge in [0.05, 0.1) is 11.3 Å². The van der Waals surface area contributed by atoms with Crippen LogP contribution in [0.15, 0.2) is 59.9 Å². The summed E-state index contributed by atoms with van der Waals surface area (Å²) in [5.41, 5.74) is 10.7. The van der Waals surface area contributed by atoms with Crippen molar-refractivity contribution in [2.24, 2.45) is 10.9 Å². The molecule has 0 radical (unpaired) electrons. The largest absolute Gasteiger partial charge is 0.405 e. The van der Waals surface area contributed by atoms with E-state index in [-0.39, 0.29) is 5.91 Å². The number of fused-ring (bicyclic) bond motifs is 1. The molecular formula is C20H22N4O2. The molecule has 26 heavy (non-hydrogen) atoms. The van der Waals surface area contributed by atoms with Crippen LogP contribution in [-0.2, 0) is 11.3 Å². The maximum atomic E-state index is 11.9. The second-order valence-corrected chi connectivity index (χ2v) is 5.94. The zero-order valence-corrected chi connectivity index (χ0v) is 14.7. The Hall–Kier alpha value is -3.28. The van der Waals surface area contributed by atoms with E-state index in [0.29, 0.717) is 18.7 Å². The van der Waals surface area contributed by atoms with Crippen LogP contribution < -0.4 is 11.1 Å². The molecule has 0 spiro atoms. The first kappa shape index (κ1) is 17.5. The molecule has 134 valence electrons. The van der Waals surface area contributed by atoms with Gasteiger partial charge in [0.25, 0.3) is 5.91 Å². The second kappa shape index (κ2) is 8.20. The summed E-state index contributed by atoms with van der Waals surface area (Å²) in [7, 11) is 0. The number of hydrogen-bond acceptors (Lipinski definition) is 4. The molecular weight excluding hydrogens is 328 g/mol. The zero-order chi connectivity index (χ0) is 18.4. The lowest BCUT2D eigenvalue weighted by Crippen LogP contribution is -2.31. The Morgan fingerprint density at radius 3 is 2.88 bits per heavy atom. The molecule has 0 fully saturated rings. The van der Waals surface area contributed by atoms with Gasteiger partial charge in [-0.05, 0) is 42.5 Å². The number of hydrogen-bond donors (Lipinski definition) is 3. The number of benzene rings is 1. The van der Waals surface area contributed by atoms with E-state index in [1.165, 1.54) is 6.20 Å². The van der Waals surface area contributed by atoms with Crippen LogP contribution in [0.3, 0.4) is 0 Å². The number of nitrogens with zero attached hydrogens (tertiary/aromatic N) is 1. The summed E-state index contributed by atoms with van der Waals surface area (Å²) in [4.78, 5) is 20.6. The van der Waals surface area contributed by atoms with Crippen LogP contribution in [0.4, 0.5) is 0 Å². The van der Waals surface area contributed by atoms with Gasteiger partial charge in [0.2, 0.25) is 0 Å². The Bertz CT molecular complexity index is 863. The lowest BCUT2D eigenvalue weighted by molar-refractivity contribution is 0.0946. The van der Waals surface area contributed by atoms with E-state index >= 15 is 0 Å². The molecule has 4 N–H and O–H groups in total. The Balaban J connectivity index is 1.71. The second-order valence-electron chi connectivity index (χ2n) is 5.94. The maximum absolute atomic E-state index is 11.9. The highest BCUT2D eigenvalue weighted by molar-refractivity contribution is 5.98. The summed E-state index contributed by atoms with van der Waals surface area (Å²) in [6, 6.07) is 11.7. The summed E-state index contributed by atoms with van der Waals surface area (Å²) >= 11 is 0. The first-order chi connectivity index (χ1) is 12.7. The third-order valence-electron chi connectivity index (χ3n) is 4.16. The van der Waals surface area contributed by atoms with Gasteiger partial charge in [-0.3, -0.25) is 4.79 Å². The average molecular weight is 350 g/mol. The van der Waals surface area contributed by atoms with Crippen molar-refractivity contribution in [1.82, 2.24) is 10.3 Å². The topological polar surface area (TPSA) is 92.5 Å². The Morgan fingerprint density at radius 1 is 1.35 bits per heavy atom. The van der Waals surface area contributed by atoms with Crippen LogP contribution >= 0.6 is 0 Å². The summed E-state index contributed by atoms with van der Waals surface area (Å²) < 4.78 is 0. The number of aromatic nitrogens is 1. The van der Waals surface area contributed by atoms with Gasteiger partial charge in [0.1, 0.15) is 6.61 Å². The molecule has 1 amide bonds. The van der Waals surface area contributed by atoms with Crippen molar-refractivity contribution in [2.45, 2.75) is 13.3 Å². The maximum Gasteiger partial charge on any atom is 0.253 e. The van der Waals surface area contributed by atoms with Gasteiger partial charge >= 0.3 is 0 Å². The highest BCUT2D eigenvalue weighted by Crippen LogP contribution is 2.21. The lowest BCUT2D eigenvalue weighted by atomic mass is 10.1. The average Bonchev–Trinajstić information content (AvgIpc) is 3.10. The quantitative estimate of drug-likeness (QED) is 0.324. The number of nitrogens with two attached hydrogens (primary N) is 1. The molecule has 0 unspecified atom stereocenters. The van der Waals surface area contributed by atoms with Crippen LogP contribution in [0.5, 0.6) is 0 Å². The van der Waals surface area contributed by atoms with E-state index < -0.39 is 0 Å². The van der Waals surface area contributed by atoms with Crippen molar-refractivity contribution < 1.29 is 9.63 Å². The number of nitrogens with one attached hydrogen (secondary N) is 2. The van der Waals surface area contributed by atoms with Crippen LogP contribution in [0, 0.1) is 0 Å². The van der Waals surface area contributed by atoms with Crippen molar-refractivity contribution in [3.8, 4) is 0 Å². The van der Waals surface area contributed by atoms with Gasteiger partial charge in [0.15, 0.2) is 0 Å². The first-order valence-corrected chi connectivity index (χ1v) is 8.50. The van der Waals surface area contributed by atoms with Crippen molar-refractivity contribution in [3.63, 3.8) is 0 Å². The minimum Gasteiger partial charge on any atom is -0.405 e. The smallest absolute Gasteiger partial charge is 0.253 e. The Morgan fingerprint density at radius 2 is 2.15 bits per heavy atom. The number of carbonyl (C=O) groups excluding carboxylic acids is 1. The molecule has 0 saturated carbocycles. The van der Waals surface area contributed by atoms with Gasteiger partial charge in [0, 0.05) is 24.4 Å². The molecule has 0 saturated heterocycles. The molecule has 1 aromatic heterocycles. The molecule has 0 aliphatic carbocycles. The fourth-order valence-electron chi connectivity index (χ4n) is 2.81. The number of carbonyl (C=O) groups is 1. The normalized spacial score (nSPS) is 15.0. The SMILES string of the molecule is C/C(=N\OC/C=C(\C=C/N)c1cc2c([nH]1)CCNC2=O)c1ccccc1. The van der Waals surface area contributed by atoms with E-state index in [2.05, 4.69) is 15.5 Å². The van der Waals surface area contributed by atoms with Crippen molar-refractivity contribution in [1.29, 1.82) is 0 Å². The molecule has 0 atom stereocenters. The van der Waals surface area contributed by atoms with Crippen molar-refractivity contribution in [3.05, 3.63) is 77.3 Å². The highest BCUT2D eigenvalue weighted by atomic mass is 16.6. The van der Waals surface area contributed by atoms with Crippen LogP contribution in [0.25, 0.3) is 5.57 Å². The number of H-pyrrole nitrogens is 1. The summed E-state index contributed by atoms with van der Waals surface area (Å²) in [5, 5.41) is 6.98.